The molecule has 2 unspecified atom stereocenters. The van der Waals surface area contributed by atoms with Gasteiger partial charge in [-0.25, -0.2) is 8.42 Å². The minimum atomic E-state index is -3.78. The van der Waals surface area contributed by atoms with Gasteiger partial charge in [0.05, 0.1) is 23.5 Å². The van der Waals surface area contributed by atoms with Crippen LogP contribution in [0.1, 0.15) is 12.8 Å². The number of benzene rings is 1. The minimum Gasteiger partial charge on any atom is -0.461 e. The fourth-order valence-corrected chi connectivity index (χ4v) is 3.98. The molecule has 1 aliphatic heterocycles. The van der Waals surface area contributed by atoms with Crippen LogP contribution in [-0.4, -0.2) is 37.9 Å². The molecule has 1 aromatic carbocycles. The van der Waals surface area contributed by atoms with Gasteiger partial charge in [0.25, 0.3) is 0 Å². The number of ether oxygens (including phenoxy) is 2. The van der Waals surface area contributed by atoms with Gasteiger partial charge in [0.2, 0.25) is 10.0 Å². The molecule has 132 valence electrons. The molecule has 11 heteroatoms. The highest BCUT2D eigenvalue weighted by Crippen LogP contribution is 2.40. The Kier molecular flexibility index (Phi) is 6.63. The Bertz CT molecular complexity index is 684. The zero-order valence-electron chi connectivity index (χ0n) is 12.5. The SMILES string of the molecule is O=NSC1(S)CC(OC(=O)CNS(=O)(=O)c2ccccc2)CCO1. The average molecular weight is 392 g/mol. The maximum atomic E-state index is 12.0. The lowest BCUT2D eigenvalue weighted by Gasteiger charge is -2.33. The minimum absolute atomic E-state index is 0.0618. The number of rotatable bonds is 7. The van der Waals surface area contributed by atoms with Crippen LogP contribution in [0.25, 0.3) is 0 Å². The number of thiol groups is 1. The number of carbonyl (C=O) groups excluding carboxylic acids is 1. The number of nitrogens with one attached hydrogen (secondary N) is 1. The molecule has 0 bridgehead atoms. The third kappa shape index (κ3) is 5.45. The standard InChI is InChI=1S/C13H16N2O6S3/c16-12(9-14-24(18,19)11-4-2-1-3-5-11)21-10-6-7-20-13(22,8-10)23-15-17/h1-5,10,14,22H,6-9H2. The van der Waals surface area contributed by atoms with E-state index in [1.165, 1.54) is 12.1 Å². The summed E-state index contributed by atoms with van der Waals surface area (Å²) in [7, 11) is -3.78. The Hall–Kier alpha value is -1.14. The molecule has 8 nitrogen and oxygen atoms in total. The van der Waals surface area contributed by atoms with Gasteiger partial charge in [-0.2, -0.15) is 4.72 Å². The first-order valence-electron chi connectivity index (χ1n) is 6.96. The first kappa shape index (κ1) is 19.2. The number of nitroso groups, excluding NO2 is 1. The number of nitrogens with zero attached hydrogens (tertiary/aromatic N) is 1. The van der Waals surface area contributed by atoms with E-state index >= 15 is 0 Å². The van der Waals surface area contributed by atoms with E-state index in [0.717, 1.165) is 0 Å². The molecule has 24 heavy (non-hydrogen) atoms. The van der Waals surface area contributed by atoms with Crippen LogP contribution in [0.5, 0.6) is 0 Å². The van der Waals surface area contributed by atoms with Gasteiger partial charge in [-0.1, -0.05) is 18.2 Å². The van der Waals surface area contributed by atoms with Crippen molar-refractivity contribution in [1.29, 1.82) is 0 Å². The van der Waals surface area contributed by atoms with Crippen LogP contribution in [-0.2, 0) is 24.3 Å². The molecule has 2 rings (SSSR count). The van der Waals surface area contributed by atoms with Crippen molar-refractivity contribution in [2.45, 2.75) is 28.1 Å². The summed E-state index contributed by atoms with van der Waals surface area (Å²) in [5.74, 6) is -0.721. The summed E-state index contributed by atoms with van der Waals surface area (Å²) in [4.78, 5) is 22.3. The number of hydrogen-bond donors (Lipinski definition) is 2. The Balaban J connectivity index is 1.86. The van der Waals surface area contributed by atoms with Gasteiger partial charge in [-0.05, 0) is 12.1 Å². The zero-order chi connectivity index (χ0) is 17.6. The van der Waals surface area contributed by atoms with E-state index in [9.17, 15) is 18.1 Å². The first-order chi connectivity index (χ1) is 11.3. The van der Waals surface area contributed by atoms with Gasteiger partial charge in [0.15, 0.2) is 4.27 Å². The third-order valence-corrected chi connectivity index (χ3v) is 5.81. The van der Waals surface area contributed by atoms with Gasteiger partial charge in [0.1, 0.15) is 12.6 Å². The summed E-state index contributed by atoms with van der Waals surface area (Å²) in [5, 5.41) is 0. The number of sulfonamides is 1. The molecule has 0 spiro atoms. The van der Waals surface area contributed by atoms with E-state index in [1.54, 1.807) is 18.2 Å². The van der Waals surface area contributed by atoms with Crippen LogP contribution in [0.4, 0.5) is 0 Å². The number of carbonyl (C=O) groups is 1. The Morgan fingerprint density at radius 2 is 2.17 bits per heavy atom. The second kappa shape index (κ2) is 8.30. The monoisotopic (exact) mass is 392 g/mol. The highest BCUT2D eigenvalue weighted by atomic mass is 32.2. The highest BCUT2D eigenvalue weighted by molar-refractivity contribution is 8.10. The van der Waals surface area contributed by atoms with Crippen molar-refractivity contribution in [3.63, 3.8) is 0 Å². The predicted molar refractivity (Wildman–Crippen MR) is 91.8 cm³/mol. The van der Waals surface area contributed by atoms with Gasteiger partial charge in [-0.15, -0.1) is 17.5 Å². The topological polar surface area (TPSA) is 111 Å². The molecule has 1 fully saturated rings. The molecular weight excluding hydrogens is 376 g/mol. The molecule has 2 atom stereocenters. The predicted octanol–water partition coefficient (Wildman–Crippen LogP) is 1.69. The molecule has 1 aromatic rings. The maximum Gasteiger partial charge on any atom is 0.321 e. The lowest BCUT2D eigenvalue weighted by atomic mass is 10.1. The summed E-state index contributed by atoms with van der Waals surface area (Å²) < 4.78 is 38.3. The fourth-order valence-electron chi connectivity index (χ4n) is 2.09. The molecule has 0 aromatic heterocycles. The quantitative estimate of drug-likeness (QED) is 0.239. The second-order valence-electron chi connectivity index (χ2n) is 4.97. The summed E-state index contributed by atoms with van der Waals surface area (Å²) in [6, 6.07) is 7.70. The molecule has 0 aliphatic carbocycles. The molecule has 0 radical (unpaired) electrons. The second-order valence-corrected chi connectivity index (χ2v) is 8.75. The van der Waals surface area contributed by atoms with Crippen molar-refractivity contribution in [1.82, 2.24) is 4.72 Å². The Labute approximate surface area is 149 Å². The third-order valence-electron chi connectivity index (χ3n) is 3.19. The van der Waals surface area contributed by atoms with Crippen LogP contribution in [0.15, 0.2) is 39.8 Å². The summed E-state index contributed by atoms with van der Waals surface area (Å²) in [6.45, 7) is -0.243. The van der Waals surface area contributed by atoms with Gasteiger partial charge in [-0.3, -0.25) is 4.79 Å². The molecular formula is C13H16N2O6S3. The fraction of sp³-hybridized carbons (Fsp3) is 0.462. The van der Waals surface area contributed by atoms with Crippen LogP contribution in [0, 0.1) is 4.91 Å². The lowest BCUT2D eigenvalue weighted by Crippen LogP contribution is -2.39. The molecule has 1 aliphatic rings. The molecule has 1 heterocycles. The molecule has 0 saturated carbocycles. The first-order valence-corrected chi connectivity index (χ1v) is 9.66. The normalized spacial score (nSPS) is 24.3. The number of esters is 1. The summed E-state index contributed by atoms with van der Waals surface area (Å²) in [5.41, 5.74) is 0. The van der Waals surface area contributed by atoms with Crippen molar-refractivity contribution in [3.05, 3.63) is 35.2 Å². The van der Waals surface area contributed by atoms with E-state index in [-0.39, 0.29) is 17.9 Å². The van der Waals surface area contributed by atoms with Crippen molar-refractivity contribution < 1.29 is 22.7 Å². The van der Waals surface area contributed by atoms with Gasteiger partial charge < -0.3 is 9.47 Å². The average Bonchev–Trinajstić information content (AvgIpc) is 2.54. The van der Waals surface area contributed by atoms with Crippen LogP contribution in [0.3, 0.4) is 0 Å². The van der Waals surface area contributed by atoms with Crippen LogP contribution >= 0.6 is 24.6 Å². The zero-order valence-corrected chi connectivity index (χ0v) is 15.0. The van der Waals surface area contributed by atoms with Crippen molar-refractivity contribution in [2.24, 2.45) is 4.58 Å². The smallest absolute Gasteiger partial charge is 0.321 e. The van der Waals surface area contributed by atoms with Crippen LogP contribution < -0.4 is 4.72 Å². The largest absolute Gasteiger partial charge is 0.461 e. The molecule has 0 amide bonds. The van der Waals surface area contributed by atoms with Crippen LogP contribution in [0.2, 0.25) is 0 Å². The van der Waals surface area contributed by atoms with E-state index in [2.05, 4.69) is 21.9 Å². The summed E-state index contributed by atoms with van der Waals surface area (Å²) >= 11 is 4.81. The molecule has 1 saturated heterocycles. The Morgan fingerprint density at radius 3 is 2.83 bits per heavy atom. The highest BCUT2D eigenvalue weighted by Gasteiger charge is 2.38. The van der Waals surface area contributed by atoms with Crippen molar-refractivity contribution in [3.8, 4) is 0 Å². The van der Waals surface area contributed by atoms with E-state index < -0.39 is 32.9 Å². The number of hydrogen-bond acceptors (Lipinski definition) is 9. The summed E-state index contributed by atoms with van der Waals surface area (Å²) in [6.07, 6.45) is 0.0713. The van der Waals surface area contributed by atoms with Gasteiger partial charge in [0, 0.05) is 17.4 Å². The van der Waals surface area contributed by atoms with E-state index in [1.807, 2.05) is 0 Å². The van der Waals surface area contributed by atoms with E-state index in [0.29, 0.717) is 18.4 Å². The Morgan fingerprint density at radius 1 is 1.46 bits per heavy atom. The lowest BCUT2D eigenvalue weighted by molar-refractivity contribution is -0.153. The van der Waals surface area contributed by atoms with E-state index in [4.69, 9.17) is 9.47 Å². The van der Waals surface area contributed by atoms with Crippen molar-refractivity contribution in [2.75, 3.05) is 13.2 Å². The molecule has 1 N–H and O–H groups in total. The maximum absolute atomic E-state index is 12.0. The van der Waals surface area contributed by atoms with Gasteiger partial charge >= 0.3 is 5.97 Å². The van der Waals surface area contributed by atoms with Crippen molar-refractivity contribution >= 4 is 40.6 Å².